The van der Waals surface area contributed by atoms with Gasteiger partial charge in [-0.25, -0.2) is 0 Å². The topological polar surface area (TPSA) is 15.3 Å². The second-order valence-electron chi connectivity index (χ2n) is 6.17. The van der Waals surface area contributed by atoms with Crippen LogP contribution in [-0.4, -0.2) is 30.6 Å². The molecule has 1 unspecified atom stereocenters. The third kappa shape index (κ3) is 4.71. The lowest BCUT2D eigenvalue weighted by molar-refractivity contribution is -0.138. The summed E-state index contributed by atoms with van der Waals surface area (Å²) >= 11 is 0. The van der Waals surface area contributed by atoms with Crippen LogP contribution in [0.2, 0.25) is 0 Å². The lowest BCUT2D eigenvalue weighted by atomic mass is 10.0. The molecule has 0 saturated carbocycles. The highest BCUT2D eigenvalue weighted by Crippen LogP contribution is 2.32. The van der Waals surface area contributed by atoms with E-state index < -0.39 is 11.7 Å². The first-order chi connectivity index (χ1) is 9.86. The summed E-state index contributed by atoms with van der Waals surface area (Å²) < 4.78 is 39.1. The van der Waals surface area contributed by atoms with E-state index in [0.717, 1.165) is 26.1 Å². The summed E-state index contributed by atoms with van der Waals surface area (Å²) in [4.78, 5) is 2.12. The largest absolute Gasteiger partial charge is 0.416 e. The van der Waals surface area contributed by atoms with Gasteiger partial charge in [-0.3, -0.25) is 4.90 Å². The molecule has 2 nitrogen and oxygen atoms in total. The number of hydrogen-bond donors (Lipinski definition) is 1. The van der Waals surface area contributed by atoms with E-state index in [9.17, 15) is 13.2 Å². The third-order valence-corrected chi connectivity index (χ3v) is 3.81. The molecule has 1 aromatic rings. The Hall–Kier alpha value is -1.07. The van der Waals surface area contributed by atoms with E-state index in [-0.39, 0.29) is 0 Å². The average molecular weight is 300 g/mol. The molecular formula is C16H23F3N2. The van der Waals surface area contributed by atoms with Crippen molar-refractivity contribution >= 4 is 0 Å². The van der Waals surface area contributed by atoms with Crippen molar-refractivity contribution in [2.24, 2.45) is 5.92 Å². The Bertz CT molecular complexity index is 457. The van der Waals surface area contributed by atoms with Crippen molar-refractivity contribution < 1.29 is 13.2 Å². The normalized spacial score (nSPS) is 21.0. The molecule has 0 aromatic heterocycles. The van der Waals surface area contributed by atoms with Crippen LogP contribution in [0.25, 0.3) is 0 Å². The number of nitrogens with one attached hydrogen (secondary N) is 1. The molecule has 0 radical (unpaired) electrons. The van der Waals surface area contributed by atoms with Crippen LogP contribution in [0.1, 0.15) is 31.4 Å². The fourth-order valence-electron chi connectivity index (χ4n) is 2.94. The molecule has 0 spiro atoms. The Morgan fingerprint density at radius 1 is 1.29 bits per heavy atom. The highest BCUT2D eigenvalue weighted by atomic mass is 19.4. The smallest absolute Gasteiger partial charge is 0.311 e. The van der Waals surface area contributed by atoms with E-state index in [4.69, 9.17) is 0 Å². The number of alkyl halides is 3. The molecule has 1 atom stereocenters. The predicted octanol–water partition coefficient (Wildman–Crippen LogP) is 3.53. The molecule has 1 aromatic carbocycles. The summed E-state index contributed by atoms with van der Waals surface area (Å²) in [6.45, 7) is 7.14. The molecule has 5 heteroatoms. The Kier molecular flexibility index (Phi) is 5.27. The van der Waals surface area contributed by atoms with Crippen LogP contribution in [-0.2, 0) is 12.7 Å². The van der Waals surface area contributed by atoms with E-state index in [1.165, 1.54) is 12.1 Å². The Morgan fingerprint density at radius 3 is 2.67 bits per heavy atom. The standard InChI is InChI=1S/C16H23F3N2/c1-12(2)9-14-11-21(8-7-20-14)10-13-5-3-4-6-15(13)16(17,18)19/h3-6,12,14,20H,7-11H2,1-2H3. The molecule has 0 aliphatic carbocycles. The van der Waals surface area contributed by atoms with Crippen LogP contribution in [0.15, 0.2) is 24.3 Å². The predicted molar refractivity (Wildman–Crippen MR) is 78.0 cm³/mol. The second kappa shape index (κ2) is 6.79. The van der Waals surface area contributed by atoms with E-state index in [0.29, 0.717) is 24.1 Å². The van der Waals surface area contributed by atoms with Crippen molar-refractivity contribution in [3.05, 3.63) is 35.4 Å². The number of benzene rings is 1. The molecule has 1 aliphatic rings. The van der Waals surface area contributed by atoms with Gasteiger partial charge in [0, 0.05) is 32.2 Å². The lowest BCUT2D eigenvalue weighted by Gasteiger charge is -2.35. The molecule has 2 rings (SSSR count). The van der Waals surface area contributed by atoms with Crippen molar-refractivity contribution in [3.8, 4) is 0 Å². The van der Waals surface area contributed by atoms with Gasteiger partial charge in [0.2, 0.25) is 0 Å². The summed E-state index contributed by atoms with van der Waals surface area (Å²) in [6, 6.07) is 6.26. The monoisotopic (exact) mass is 300 g/mol. The minimum absolute atomic E-state index is 0.367. The molecule has 1 saturated heterocycles. The molecule has 21 heavy (non-hydrogen) atoms. The average Bonchev–Trinajstić information content (AvgIpc) is 2.37. The maximum Gasteiger partial charge on any atom is 0.416 e. The Labute approximate surface area is 124 Å². The molecule has 1 fully saturated rings. The minimum atomic E-state index is -4.28. The first-order valence-electron chi connectivity index (χ1n) is 7.47. The summed E-state index contributed by atoms with van der Waals surface area (Å²) in [5.41, 5.74) is -0.140. The first-order valence-corrected chi connectivity index (χ1v) is 7.47. The van der Waals surface area contributed by atoms with Gasteiger partial charge < -0.3 is 5.32 Å². The summed E-state index contributed by atoms with van der Waals surface area (Å²) in [6.07, 6.45) is -3.22. The van der Waals surface area contributed by atoms with Crippen LogP contribution in [0.3, 0.4) is 0 Å². The highest BCUT2D eigenvalue weighted by molar-refractivity contribution is 5.29. The number of halogens is 3. The Morgan fingerprint density at radius 2 is 2.00 bits per heavy atom. The van der Waals surface area contributed by atoms with Gasteiger partial charge in [-0.2, -0.15) is 13.2 Å². The zero-order valence-corrected chi connectivity index (χ0v) is 12.6. The number of rotatable bonds is 4. The highest BCUT2D eigenvalue weighted by Gasteiger charge is 2.33. The van der Waals surface area contributed by atoms with E-state index in [1.54, 1.807) is 12.1 Å². The van der Waals surface area contributed by atoms with Gasteiger partial charge in [0.25, 0.3) is 0 Å². The fourth-order valence-corrected chi connectivity index (χ4v) is 2.94. The van der Waals surface area contributed by atoms with Gasteiger partial charge in [-0.15, -0.1) is 0 Å². The molecule has 1 N–H and O–H groups in total. The van der Waals surface area contributed by atoms with E-state index in [1.807, 2.05) is 0 Å². The van der Waals surface area contributed by atoms with Gasteiger partial charge in [0.05, 0.1) is 5.56 Å². The summed E-state index contributed by atoms with van der Waals surface area (Å²) in [5, 5.41) is 3.45. The second-order valence-corrected chi connectivity index (χ2v) is 6.17. The first kappa shape index (κ1) is 16.3. The van der Waals surface area contributed by atoms with Gasteiger partial charge in [-0.1, -0.05) is 32.0 Å². The number of hydrogen-bond acceptors (Lipinski definition) is 2. The summed E-state index contributed by atoms with van der Waals surface area (Å²) in [5.74, 6) is 0.588. The van der Waals surface area contributed by atoms with Gasteiger partial charge in [0.1, 0.15) is 0 Å². The summed E-state index contributed by atoms with van der Waals surface area (Å²) in [7, 11) is 0. The maximum absolute atomic E-state index is 13.0. The molecular weight excluding hydrogens is 277 g/mol. The van der Waals surface area contributed by atoms with Gasteiger partial charge in [-0.05, 0) is 24.0 Å². The molecule has 118 valence electrons. The third-order valence-electron chi connectivity index (χ3n) is 3.81. The zero-order chi connectivity index (χ0) is 15.5. The molecule has 1 aliphatic heterocycles. The van der Waals surface area contributed by atoms with Crippen molar-refractivity contribution in [2.45, 2.75) is 39.0 Å². The van der Waals surface area contributed by atoms with E-state index in [2.05, 4.69) is 24.1 Å². The van der Waals surface area contributed by atoms with Crippen LogP contribution in [0, 0.1) is 5.92 Å². The fraction of sp³-hybridized carbons (Fsp3) is 0.625. The van der Waals surface area contributed by atoms with Crippen LogP contribution >= 0.6 is 0 Å². The van der Waals surface area contributed by atoms with E-state index >= 15 is 0 Å². The zero-order valence-electron chi connectivity index (χ0n) is 12.6. The van der Waals surface area contributed by atoms with Gasteiger partial charge >= 0.3 is 6.18 Å². The number of piperazine rings is 1. The quantitative estimate of drug-likeness (QED) is 0.915. The van der Waals surface area contributed by atoms with Crippen molar-refractivity contribution in [3.63, 3.8) is 0 Å². The van der Waals surface area contributed by atoms with Crippen molar-refractivity contribution in [1.29, 1.82) is 0 Å². The Balaban J connectivity index is 2.05. The minimum Gasteiger partial charge on any atom is -0.311 e. The SMILES string of the molecule is CC(C)CC1CN(Cc2ccccc2C(F)(F)F)CCN1. The van der Waals surface area contributed by atoms with Gasteiger partial charge in [0.15, 0.2) is 0 Å². The lowest BCUT2D eigenvalue weighted by Crippen LogP contribution is -2.50. The molecule has 1 heterocycles. The van der Waals surface area contributed by atoms with Crippen LogP contribution < -0.4 is 5.32 Å². The molecule has 0 bridgehead atoms. The number of nitrogens with zero attached hydrogens (tertiary/aromatic N) is 1. The van der Waals surface area contributed by atoms with Crippen molar-refractivity contribution in [1.82, 2.24) is 10.2 Å². The van der Waals surface area contributed by atoms with Crippen LogP contribution in [0.4, 0.5) is 13.2 Å². The maximum atomic E-state index is 13.0. The van der Waals surface area contributed by atoms with Crippen LogP contribution in [0.5, 0.6) is 0 Å². The molecule has 0 amide bonds. The van der Waals surface area contributed by atoms with Crippen molar-refractivity contribution in [2.75, 3.05) is 19.6 Å².